The van der Waals surface area contributed by atoms with Gasteiger partial charge in [0, 0.05) is 87.3 Å². The first-order chi connectivity index (χ1) is 40.6. The van der Waals surface area contributed by atoms with E-state index in [0.717, 1.165) is 60.4 Å². The molecule has 29 heteroatoms. The molecule has 0 bridgehead atoms. The number of ether oxygens (including phenoxy) is 4. The minimum Gasteiger partial charge on any atom is -0.504 e. The number of phenolic OH excluding ortho intramolecular Hbond substituents is 8. The highest BCUT2D eigenvalue weighted by molar-refractivity contribution is 6.06. The molecule has 462 valence electrons. The van der Waals surface area contributed by atoms with Gasteiger partial charge in [0.25, 0.3) is 47.3 Å². The fourth-order valence-corrected chi connectivity index (χ4v) is 8.42. The average molecular weight is 1190 g/mol. The van der Waals surface area contributed by atoms with Gasteiger partial charge < -0.3 is 102 Å². The molecule has 0 spiro atoms. The Morgan fingerprint density at radius 1 is 0.365 bits per heavy atom. The molecule has 8 amide bonds. The SMILES string of the molecule is COCCNC(=O)c1ccc(C(=O)NCCCN(CCCC(C(C)=O)N(CCCNC(=O)c2ccc(C(=O)NCCOC)c(O)c2O)C(=O)c2ccc(C(=O)NCCOC)c(O)c2O)C(=O)c2ccc(C(=O)NCCOC)c(O)c2O)c(O)c1O. The van der Waals surface area contributed by atoms with Crippen molar-refractivity contribution < 1.29 is 103 Å². The van der Waals surface area contributed by atoms with Gasteiger partial charge in [-0.3, -0.25) is 43.2 Å². The number of carbonyl (C=O) groups is 9. The molecule has 14 N–H and O–H groups in total. The zero-order valence-corrected chi connectivity index (χ0v) is 47.5. The van der Waals surface area contributed by atoms with Gasteiger partial charge in [0.15, 0.2) is 51.8 Å². The van der Waals surface area contributed by atoms with Crippen LogP contribution in [0.1, 0.15) is 115 Å². The molecule has 0 aliphatic carbocycles. The van der Waals surface area contributed by atoms with Gasteiger partial charge in [-0.2, -0.15) is 0 Å². The number of benzene rings is 4. The lowest BCUT2D eigenvalue weighted by Gasteiger charge is -2.32. The van der Waals surface area contributed by atoms with Crippen LogP contribution in [0.25, 0.3) is 0 Å². The van der Waals surface area contributed by atoms with Crippen molar-refractivity contribution in [3.05, 3.63) is 93.0 Å². The summed E-state index contributed by atoms with van der Waals surface area (Å²) in [6.07, 6.45) is -0.528. The van der Waals surface area contributed by atoms with E-state index in [9.17, 15) is 84.0 Å². The fourth-order valence-electron chi connectivity index (χ4n) is 8.42. The third-order valence-electron chi connectivity index (χ3n) is 13.0. The van der Waals surface area contributed by atoms with E-state index in [1.54, 1.807) is 0 Å². The Hall–Kier alpha value is -9.45. The Kier molecular flexibility index (Phi) is 26.9. The van der Waals surface area contributed by atoms with Crippen LogP contribution < -0.4 is 31.9 Å². The molecule has 1 unspecified atom stereocenters. The van der Waals surface area contributed by atoms with Gasteiger partial charge in [-0.05, 0) is 81.1 Å². The maximum Gasteiger partial charge on any atom is 0.258 e. The molecule has 0 saturated heterocycles. The summed E-state index contributed by atoms with van der Waals surface area (Å²) >= 11 is 0. The zero-order valence-electron chi connectivity index (χ0n) is 47.5. The summed E-state index contributed by atoms with van der Waals surface area (Å²) in [5.41, 5.74) is -3.31. The number of Topliss-reactive ketones (excluding diaryl/α,β-unsaturated/α-hetero) is 1. The van der Waals surface area contributed by atoms with Crippen LogP contribution in [-0.4, -0.2) is 224 Å². The Morgan fingerprint density at radius 2 is 0.612 bits per heavy atom. The van der Waals surface area contributed by atoms with Crippen LogP contribution in [0.15, 0.2) is 48.5 Å². The van der Waals surface area contributed by atoms with E-state index >= 15 is 0 Å². The molecule has 4 aromatic carbocycles. The maximum atomic E-state index is 14.6. The Balaban J connectivity index is 1.64. The number of hydrogen-bond acceptors (Lipinski definition) is 21. The van der Waals surface area contributed by atoms with Crippen molar-refractivity contribution in [2.75, 3.05) is 114 Å². The van der Waals surface area contributed by atoms with Crippen LogP contribution >= 0.6 is 0 Å². The zero-order chi connectivity index (χ0) is 62.9. The maximum absolute atomic E-state index is 14.6. The number of rotatable bonds is 34. The highest BCUT2D eigenvalue weighted by Gasteiger charge is 2.33. The van der Waals surface area contributed by atoms with Crippen molar-refractivity contribution in [1.82, 2.24) is 41.7 Å². The number of methoxy groups -OCH3 is 4. The lowest BCUT2D eigenvalue weighted by atomic mass is 10.0. The number of phenols is 8. The van der Waals surface area contributed by atoms with Crippen molar-refractivity contribution >= 4 is 53.0 Å². The third kappa shape index (κ3) is 18.3. The molecule has 29 nitrogen and oxygen atoms in total. The lowest BCUT2D eigenvalue weighted by molar-refractivity contribution is -0.121. The van der Waals surface area contributed by atoms with E-state index in [4.69, 9.17) is 18.9 Å². The predicted molar refractivity (Wildman–Crippen MR) is 300 cm³/mol. The Labute approximate surface area is 487 Å². The molecule has 0 saturated carbocycles. The predicted octanol–water partition coefficient (Wildman–Crippen LogP) is 0.799. The van der Waals surface area contributed by atoms with Gasteiger partial charge in [0.05, 0.1) is 77.0 Å². The van der Waals surface area contributed by atoms with Gasteiger partial charge >= 0.3 is 0 Å². The van der Waals surface area contributed by atoms with Crippen molar-refractivity contribution in [3.63, 3.8) is 0 Å². The quantitative estimate of drug-likeness (QED) is 0.0227. The summed E-state index contributed by atoms with van der Waals surface area (Å²) < 4.78 is 19.6. The molecule has 4 rings (SSSR count). The van der Waals surface area contributed by atoms with Gasteiger partial charge in [-0.1, -0.05) is 0 Å². The largest absolute Gasteiger partial charge is 0.504 e. The van der Waals surface area contributed by atoms with Crippen molar-refractivity contribution in [2.24, 2.45) is 0 Å². The number of ketones is 1. The summed E-state index contributed by atoms with van der Waals surface area (Å²) in [6, 6.07) is 7.34. The summed E-state index contributed by atoms with van der Waals surface area (Å²) in [4.78, 5) is 122. The highest BCUT2D eigenvalue weighted by atomic mass is 16.5. The van der Waals surface area contributed by atoms with Crippen molar-refractivity contribution in [2.45, 2.75) is 38.6 Å². The number of nitrogens with one attached hydrogen (secondary N) is 6. The van der Waals surface area contributed by atoms with E-state index < -0.39 is 133 Å². The standard InChI is InChI=1S/C56H72N8O21/c1-31(65)40(64(56(81)39-17-15-37(46(71)48(39)73)54(79)62-23-30-85-5)26-8-19-58-50(75)33-11-13-35(44(69)42(33)67)52(77)60-21-28-83-3)9-6-24-63(55(80)38-16-14-36(45(70)47(38)72)53(78)61-22-29-84-4)25-7-18-57-49(74)32-10-12-34(43(68)41(32)66)51(76)59-20-27-82-2/h10-17,40,66-73H,6-9,18-30H2,1-5H3,(H,57,74)(H,58,75)(H,59,76)(H,60,77)(H,61,78)(H,62,79). The number of hydrogen-bond donors (Lipinski definition) is 14. The van der Waals surface area contributed by atoms with Gasteiger partial charge in [-0.25, -0.2) is 0 Å². The number of amides is 8. The molecule has 0 aromatic heterocycles. The van der Waals surface area contributed by atoms with Crippen molar-refractivity contribution in [3.8, 4) is 46.0 Å². The second-order valence-corrected chi connectivity index (χ2v) is 18.7. The van der Waals surface area contributed by atoms with Gasteiger partial charge in [0.1, 0.15) is 0 Å². The molecule has 0 fully saturated rings. The van der Waals surface area contributed by atoms with E-state index in [2.05, 4.69) is 31.9 Å². The Bertz CT molecular complexity index is 3060. The first-order valence-electron chi connectivity index (χ1n) is 26.5. The number of carbonyl (C=O) groups excluding carboxylic acids is 9. The molecule has 0 heterocycles. The van der Waals surface area contributed by atoms with Crippen molar-refractivity contribution in [1.29, 1.82) is 0 Å². The van der Waals surface area contributed by atoms with E-state index in [0.29, 0.717) is 0 Å². The first kappa shape index (κ1) is 68.1. The highest BCUT2D eigenvalue weighted by Crippen LogP contribution is 2.37. The molecule has 0 aliphatic heterocycles. The number of nitrogens with zero attached hydrogens (tertiary/aromatic N) is 2. The van der Waals surface area contributed by atoms with Crippen LogP contribution in [0.5, 0.6) is 46.0 Å². The second kappa shape index (κ2) is 33.6. The van der Waals surface area contributed by atoms with Gasteiger partial charge in [-0.15, -0.1) is 0 Å². The molecule has 0 aliphatic rings. The second-order valence-electron chi connectivity index (χ2n) is 18.7. The van der Waals surface area contributed by atoms with Crippen LogP contribution in [-0.2, 0) is 23.7 Å². The summed E-state index contributed by atoms with van der Waals surface area (Å²) in [5, 5.41) is 102. The molecule has 0 radical (unpaired) electrons. The van der Waals surface area contributed by atoms with E-state index in [-0.39, 0.29) is 128 Å². The monoisotopic (exact) mass is 1190 g/mol. The summed E-state index contributed by atoms with van der Waals surface area (Å²) in [6.45, 7) is 0.610. The Morgan fingerprint density at radius 3 is 0.906 bits per heavy atom. The topological polar surface area (TPSA) is 431 Å². The van der Waals surface area contributed by atoms with Crippen LogP contribution in [0.2, 0.25) is 0 Å². The number of aromatic hydroxyl groups is 8. The fraction of sp³-hybridized carbons (Fsp3) is 0.411. The minimum absolute atomic E-state index is 0.0236. The van der Waals surface area contributed by atoms with Crippen LogP contribution in [0.4, 0.5) is 0 Å². The van der Waals surface area contributed by atoms with Crippen LogP contribution in [0, 0.1) is 0 Å². The molecular formula is C56H72N8O21. The first-order valence-corrected chi connectivity index (χ1v) is 26.5. The van der Waals surface area contributed by atoms with E-state index in [1.165, 1.54) is 33.3 Å². The lowest BCUT2D eigenvalue weighted by Crippen LogP contribution is -2.46. The molecular weight excluding hydrogens is 1120 g/mol. The summed E-state index contributed by atoms with van der Waals surface area (Å²) in [7, 11) is 5.62. The van der Waals surface area contributed by atoms with E-state index in [1.807, 2.05) is 0 Å². The van der Waals surface area contributed by atoms with Crippen LogP contribution in [0.3, 0.4) is 0 Å². The summed E-state index contributed by atoms with van der Waals surface area (Å²) in [5.74, 6) is -15.0. The smallest absolute Gasteiger partial charge is 0.258 e. The molecule has 1 atom stereocenters. The molecule has 4 aromatic rings. The third-order valence-corrected chi connectivity index (χ3v) is 13.0. The van der Waals surface area contributed by atoms with Gasteiger partial charge in [0.2, 0.25) is 0 Å². The average Bonchev–Trinajstić information content (AvgIpc) is 3.65. The minimum atomic E-state index is -1.39. The normalized spacial score (nSPS) is 11.2. The molecule has 85 heavy (non-hydrogen) atoms.